The highest BCUT2D eigenvalue weighted by atomic mass is 79.9. The monoisotopic (exact) mass is 224 g/mol. The van der Waals surface area contributed by atoms with E-state index in [-0.39, 0.29) is 0 Å². The normalized spacial score (nSPS) is 18.4. The minimum Gasteiger partial charge on any atom is -0.117 e. The van der Waals surface area contributed by atoms with E-state index in [1.54, 1.807) is 0 Å². The van der Waals surface area contributed by atoms with Gasteiger partial charge in [0.05, 0.1) is 0 Å². The van der Waals surface area contributed by atoms with Crippen molar-refractivity contribution in [2.75, 3.05) is 0 Å². The van der Waals surface area contributed by atoms with Crippen molar-refractivity contribution < 1.29 is 0 Å². The Kier molecular flexibility index (Phi) is 1.73. The number of halogens is 1. The van der Waals surface area contributed by atoms with Crippen molar-refractivity contribution >= 4 is 15.9 Å². The minimum atomic E-state index is -0.783. The molecule has 2 rings (SSSR count). The third kappa shape index (κ3) is 1.16. The van der Waals surface area contributed by atoms with Crippen LogP contribution in [0, 0.1) is 0 Å². The molecule has 0 bridgehead atoms. The van der Waals surface area contributed by atoms with Crippen molar-refractivity contribution in [3.63, 3.8) is 0 Å². The summed E-state index contributed by atoms with van der Waals surface area (Å²) in [7, 11) is 0. The van der Waals surface area contributed by atoms with E-state index in [0.29, 0.717) is 0 Å². The van der Waals surface area contributed by atoms with Crippen LogP contribution in [0.4, 0.5) is 0 Å². The van der Waals surface area contributed by atoms with Crippen LogP contribution in [0.3, 0.4) is 0 Å². The summed E-state index contributed by atoms with van der Waals surface area (Å²) in [6, 6.07) is 9.60. The molecule has 0 N–H and O–H groups in total. The maximum Gasteiger partial charge on any atom is 0.273 e. The van der Waals surface area contributed by atoms with Crippen molar-refractivity contribution in [3.8, 4) is 0 Å². The summed E-state index contributed by atoms with van der Waals surface area (Å²) >= 11 is 3.33. The molecule has 4 nitrogen and oxygen atoms in total. The van der Waals surface area contributed by atoms with Gasteiger partial charge in [-0.05, 0) is 26.4 Å². The summed E-state index contributed by atoms with van der Waals surface area (Å²) in [5, 5.41) is 14.6. The zero-order chi connectivity index (χ0) is 8.44. The lowest BCUT2D eigenvalue weighted by Crippen LogP contribution is -2.07. The predicted octanol–water partition coefficient (Wildman–Crippen LogP) is 3.02. The molecule has 0 atom stereocenters. The van der Waals surface area contributed by atoms with Gasteiger partial charge in [-0.1, -0.05) is 30.3 Å². The standard InChI is InChI=1S/C7H5BrN4/c8-7(9-11-12-10-7)6-4-2-1-3-5-6/h1-5H. The lowest BCUT2D eigenvalue weighted by molar-refractivity contribution is 0.707. The molecule has 1 aliphatic rings. The summed E-state index contributed by atoms with van der Waals surface area (Å²) in [4.78, 5) is 0. The summed E-state index contributed by atoms with van der Waals surface area (Å²) in [6.45, 7) is 0. The molecule has 0 unspecified atom stereocenters. The number of nitrogens with zero attached hydrogens (tertiary/aromatic N) is 4. The lowest BCUT2D eigenvalue weighted by atomic mass is 10.2. The zero-order valence-corrected chi connectivity index (χ0v) is 7.64. The topological polar surface area (TPSA) is 49.4 Å². The number of hydrogen-bond donors (Lipinski definition) is 0. The van der Waals surface area contributed by atoms with Gasteiger partial charge in [0.25, 0.3) is 4.57 Å². The third-order valence-corrected chi connectivity index (χ3v) is 2.31. The smallest absolute Gasteiger partial charge is 0.117 e. The van der Waals surface area contributed by atoms with E-state index in [4.69, 9.17) is 0 Å². The second kappa shape index (κ2) is 2.75. The van der Waals surface area contributed by atoms with E-state index in [0.717, 1.165) is 5.56 Å². The Labute approximate surface area is 77.5 Å². The van der Waals surface area contributed by atoms with E-state index in [1.807, 2.05) is 30.3 Å². The molecule has 1 aliphatic heterocycles. The Morgan fingerprint density at radius 2 is 1.58 bits per heavy atom. The molecular formula is C7H5BrN4. The average Bonchev–Trinajstić information content (AvgIpc) is 2.55. The van der Waals surface area contributed by atoms with Crippen LogP contribution in [0.15, 0.2) is 51.0 Å². The van der Waals surface area contributed by atoms with Crippen LogP contribution in [-0.4, -0.2) is 0 Å². The second-order valence-electron chi connectivity index (χ2n) is 2.33. The molecule has 12 heavy (non-hydrogen) atoms. The van der Waals surface area contributed by atoms with Gasteiger partial charge in [0.1, 0.15) is 0 Å². The molecule has 0 aliphatic carbocycles. The zero-order valence-electron chi connectivity index (χ0n) is 6.05. The summed E-state index contributed by atoms with van der Waals surface area (Å²) in [5.74, 6) is 0. The average molecular weight is 225 g/mol. The largest absolute Gasteiger partial charge is 0.273 e. The molecule has 1 heterocycles. The first kappa shape index (κ1) is 7.54. The molecule has 60 valence electrons. The minimum absolute atomic E-state index is 0.783. The van der Waals surface area contributed by atoms with Crippen LogP contribution in [0.25, 0.3) is 0 Å². The van der Waals surface area contributed by atoms with Gasteiger partial charge in [0.2, 0.25) is 0 Å². The highest BCUT2D eigenvalue weighted by molar-refractivity contribution is 9.09. The van der Waals surface area contributed by atoms with Crippen molar-refractivity contribution in [2.45, 2.75) is 4.57 Å². The molecular weight excluding hydrogens is 220 g/mol. The number of alkyl halides is 1. The van der Waals surface area contributed by atoms with Crippen LogP contribution in [-0.2, 0) is 4.57 Å². The van der Waals surface area contributed by atoms with Crippen LogP contribution >= 0.6 is 15.9 Å². The van der Waals surface area contributed by atoms with Crippen molar-refractivity contribution in [1.82, 2.24) is 0 Å². The van der Waals surface area contributed by atoms with Gasteiger partial charge in [-0.15, -0.1) is 10.2 Å². The molecule has 1 aromatic rings. The third-order valence-electron chi connectivity index (χ3n) is 1.54. The predicted molar refractivity (Wildman–Crippen MR) is 46.8 cm³/mol. The first-order valence-electron chi connectivity index (χ1n) is 3.40. The van der Waals surface area contributed by atoms with E-state index in [1.165, 1.54) is 0 Å². The Hall–Kier alpha value is -1.10. The number of rotatable bonds is 1. The van der Waals surface area contributed by atoms with Gasteiger partial charge in [-0.3, -0.25) is 0 Å². The van der Waals surface area contributed by atoms with Crippen molar-refractivity contribution in [1.29, 1.82) is 0 Å². The first-order chi connectivity index (χ1) is 5.81. The van der Waals surface area contributed by atoms with E-state index >= 15 is 0 Å². The molecule has 0 spiro atoms. The SMILES string of the molecule is BrC1(c2ccccc2)N=NN=N1. The summed E-state index contributed by atoms with van der Waals surface area (Å²) in [5.41, 5.74) is 0.926. The van der Waals surface area contributed by atoms with E-state index in [9.17, 15) is 0 Å². The molecule has 0 saturated carbocycles. The quantitative estimate of drug-likeness (QED) is 0.521. The van der Waals surface area contributed by atoms with Crippen LogP contribution in [0.1, 0.15) is 5.56 Å². The van der Waals surface area contributed by atoms with Gasteiger partial charge in [0.15, 0.2) is 0 Å². The maximum atomic E-state index is 3.85. The Morgan fingerprint density at radius 1 is 1.00 bits per heavy atom. The van der Waals surface area contributed by atoms with Gasteiger partial charge in [0, 0.05) is 5.56 Å². The van der Waals surface area contributed by atoms with Crippen molar-refractivity contribution in [3.05, 3.63) is 35.9 Å². The Morgan fingerprint density at radius 3 is 2.17 bits per heavy atom. The Bertz CT molecular complexity index is 321. The molecule has 0 amide bonds. The summed E-state index contributed by atoms with van der Waals surface area (Å²) in [6.07, 6.45) is 0. The fourth-order valence-corrected chi connectivity index (χ4v) is 1.35. The van der Waals surface area contributed by atoms with Crippen LogP contribution in [0.2, 0.25) is 0 Å². The highest BCUT2D eigenvalue weighted by Gasteiger charge is 2.31. The van der Waals surface area contributed by atoms with Crippen molar-refractivity contribution in [2.24, 2.45) is 20.7 Å². The molecule has 0 saturated heterocycles. The molecule has 0 radical (unpaired) electrons. The molecule has 0 fully saturated rings. The van der Waals surface area contributed by atoms with E-state index in [2.05, 4.69) is 36.6 Å². The van der Waals surface area contributed by atoms with Crippen LogP contribution in [0.5, 0.6) is 0 Å². The highest BCUT2D eigenvalue weighted by Crippen LogP contribution is 2.37. The number of hydrogen-bond acceptors (Lipinski definition) is 4. The second-order valence-corrected chi connectivity index (χ2v) is 3.44. The molecule has 5 heteroatoms. The van der Waals surface area contributed by atoms with Gasteiger partial charge >= 0.3 is 0 Å². The number of benzene rings is 1. The van der Waals surface area contributed by atoms with Crippen LogP contribution < -0.4 is 0 Å². The van der Waals surface area contributed by atoms with Gasteiger partial charge in [-0.2, -0.15) is 0 Å². The molecule has 0 aromatic heterocycles. The lowest BCUT2D eigenvalue weighted by Gasteiger charge is -2.10. The van der Waals surface area contributed by atoms with Gasteiger partial charge in [-0.25, -0.2) is 0 Å². The fraction of sp³-hybridized carbons (Fsp3) is 0.143. The Balaban J connectivity index is 2.43. The van der Waals surface area contributed by atoms with Gasteiger partial charge < -0.3 is 0 Å². The first-order valence-corrected chi connectivity index (χ1v) is 4.19. The molecule has 1 aromatic carbocycles. The maximum absolute atomic E-state index is 3.85. The van der Waals surface area contributed by atoms with E-state index < -0.39 is 4.57 Å². The fourth-order valence-electron chi connectivity index (χ4n) is 0.944. The summed E-state index contributed by atoms with van der Waals surface area (Å²) < 4.78 is -0.783.